The van der Waals surface area contributed by atoms with Crippen LogP contribution in [-0.2, 0) is 0 Å². The zero-order valence-corrected chi connectivity index (χ0v) is 10.4. The smallest absolute Gasteiger partial charge is 0.287 e. The molecule has 17 heavy (non-hydrogen) atoms. The Labute approximate surface area is 101 Å². The summed E-state index contributed by atoms with van der Waals surface area (Å²) in [6.45, 7) is 3.05. The van der Waals surface area contributed by atoms with Crippen molar-refractivity contribution in [3.63, 3.8) is 0 Å². The summed E-state index contributed by atoms with van der Waals surface area (Å²) in [5.41, 5.74) is 0.0106. The number of anilines is 1. The van der Waals surface area contributed by atoms with Crippen molar-refractivity contribution in [2.45, 2.75) is 19.4 Å². The normalized spacial score (nSPS) is 12.5. The van der Waals surface area contributed by atoms with E-state index in [2.05, 4.69) is 22.1 Å². The van der Waals surface area contributed by atoms with E-state index in [4.69, 9.17) is 0 Å². The SMILES string of the molecule is CC(CCN(C)C)Nc1ccc([N+](=O)[O-])cn1. The Kier molecular flexibility index (Phi) is 4.84. The Morgan fingerprint density at radius 1 is 1.53 bits per heavy atom. The highest BCUT2D eigenvalue weighted by Gasteiger charge is 2.07. The minimum absolute atomic E-state index is 0.0106. The number of hydrogen-bond acceptors (Lipinski definition) is 5. The number of hydrogen-bond donors (Lipinski definition) is 1. The molecule has 1 unspecified atom stereocenters. The summed E-state index contributed by atoms with van der Waals surface area (Å²) in [4.78, 5) is 16.1. The van der Waals surface area contributed by atoms with Gasteiger partial charge in [0.15, 0.2) is 0 Å². The van der Waals surface area contributed by atoms with Crippen LogP contribution in [0.15, 0.2) is 18.3 Å². The number of rotatable bonds is 6. The van der Waals surface area contributed by atoms with Gasteiger partial charge in [0.1, 0.15) is 12.0 Å². The molecule has 0 aromatic carbocycles. The molecule has 1 aromatic heterocycles. The number of pyridine rings is 1. The number of nitrogens with zero attached hydrogens (tertiary/aromatic N) is 3. The molecule has 0 aliphatic heterocycles. The Morgan fingerprint density at radius 2 is 2.24 bits per heavy atom. The molecule has 1 heterocycles. The summed E-state index contributed by atoms with van der Waals surface area (Å²) < 4.78 is 0. The lowest BCUT2D eigenvalue weighted by Gasteiger charge is -2.16. The van der Waals surface area contributed by atoms with E-state index in [-0.39, 0.29) is 11.7 Å². The lowest BCUT2D eigenvalue weighted by atomic mass is 10.2. The third-order valence-electron chi connectivity index (χ3n) is 2.36. The first-order valence-electron chi connectivity index (χ1n) is 5.50. The summed E-state index contributed by atoms with van der Waals surface area (Å²) in [5.74, 6) is 0.668. The van der Waals surface area contributed by atoms with E-state index in [1.54, 1.807) is 6.07 Å². The van der Waals surface area contributed by atoms with Crippen molar-refractivity contribution in [3.8, 4) is 0 Å². The fourth-order valence-corrected chi connectivity index (χ4v) is 1.36. The van der Waals surface area contributed by atoms with E-state index in [0.717, 1.165) is 13.0 Å². The van der Waals surface area contributed by atoms with Crippen LogP contribution in [0.2, 0.25) is 0 Å². The largest absolute Gasteiger partial charge is 0.368 e. The third-order valence-corrected chi connectivity index (χ3v) is 2.36. The van der Waals surface area contributed by atoms with Gasteiger partial charge in [0.25, 0.3) is 5.69 Å². The summed E-state index contributed by atoms with van der Waals surface area (Å²) >= 11 is 0. The first kappa shape index (κ1) is 13.4. The molecule has 6 heteroatoms. The molecule has 1 rings (SSSR count). The molecule has 0 aliphatic carbocycles. The molecular formula is C11H18N4O2. The predicted octanol–water partition coefficient (Wildman–Crippen LogP) is 1.74. The van der Waals surface area contributed by atoms with E-state index >= 15 is 0 Å². The molecule has 0 saturated heterocycles. The maximum absolute atomic E-state index is 10.5. The quantitative estimate of drug-likeness (QED) is 0.603. The Bertz CT molecular complexity index is 364. The Morgan fingerprint density at radius 3 is 2.71 bits per heavy atom. The van der Waals surface area contributed by atoms with Crippen molar-refractivity contribution in [2.24, 2.45) is 0 Å². The van der Waals surface area contributed by atoms with Crippen molar-refractivity contribution >= 4 is 11.5 Å². The van der Waals surface area contributed by atoms with E-state index in [1.807, 2.05) is 14.1 Å². The first-order valence-corrected chi connectivity index (χ1v) is 5.50. The molecule has 1 aromatic rings. The molecule has 0 radical (unpaired) electrons. The summed E-state index contributed by atoms with van der Waals surface area (Å²) in [6, 6.07) is 3.37. The molecule has 0 spiro atoms. The zero-order chi connectivity index (χ0) is 12.8. The second-order valence-electron chi connectivity index (χ2n) is 4.30. The maximum Gasteiger partial charge on any atom is 0.287 e. The minimum Gasteiger partial charge on any atom is -0.368 e. The van der Waals surface area contributed by atoms with Gasteiger partial charge in [-0.25, -0.2) is 4.98 Å². The van der Waals surface area contributed by atoms with Gasteiger partial charge in [0.05, 0.1) is 4.92 Å². The first-order chi connectivity index (χ1) is 7.99. The topological polar surface area (TPSA) is 71.3 Å². The Hall–Kier alpha value is -1.69. The maximum atomic E-state index is 10.5. The molecule has 6 nitrogen and oxygen atoms in total. The molecule has 0 aliphatic rings. The summed E-state index contributed by atoms with van der Waals surface area (Å²) in [7, 11) is 4.05. The van der Waals surface area contributed by atoms with Crippen LogP contribution in [0, 0.1) is 10.1 Å². The average molecular weight is 238 g/mol. The van der Waals surface area contributed by atoms with Gasteiger partial charge >= 0.3 is 0 Å². The standard InChI is InChI=1S/C11H18N4O2/c1-9(6-7-14(2)3)13-11-5-4-10(8-12-11)15(16)17/h4-5,8-9H,6-7H2,1-3H3,(H,12,13). The van der Waals surface area contributed by atoms with Crippen LogP contribution in [0.25, 0.3) is 0 Å². The molecule has 94 valence electrons. The zero-order valence-electron chi connectivity index (χ0n) is 10.4. The van der Waals surface area contributed by atoms with E-state index in [9.17, 15) is 10.1 Å². The summed E-state index contributed by atoms with van der Waals surface area (Å²) in [6.07, 6.45) is 2.26. The highest BCUT2D eigenvalue weighted by molar-refractivity contribution is 5.40. The van der Waals surface area contributed by atoms with Gasteiger partial charge in [0.2, 0.25) is 0 Å². The van der Waals surface area contributed by atoms with Crippen LogP contribution < -0.4 is 5.32 Å². The fourth-order valence-electron chi connectivity index (χ4n) is 1.36. The van der Waals surface area contributed by atoms with Gasteiger partial charge in [-0.05, 0) is 40.1 Å². The van der Waals surface area contributed by atoms with Crippen molar-refractivity contribution in [2.75, 3.05) is 26.0 Å². The van der Waals surface area contributed by atoms with Crippen LogP contribution in [-0.4, -0.2) is 41.5 Å². The molecule has 0 saturated carbocycles. The van der Waals surface area contributed by atoms with Gasteiger partial charge in [-0.2, -0.15) is 0 Å². The van der Waals surface area contributed by atoms with Gasteiger partial charge in [-0.1, -0.05) is 0 Å². The van der Waals surface area contributed by atoms with Gasteiger partial charge < -0.3 is 10.2 Å². The molecule has 0 bridgehead atoms. The van der Waals surface area contributed by atoms with Crippen LogP contribution in [0.1, 0.15) is 13.3 Å². The van der Waals surface area contributed by atoms with E-state index < -0.39 is 4.92 Å². The fraction of sp³-hybridized carbons (Fsp3) is 0.545. The van der Waals surface area contributed by atoms with Gasteiger partial charge in [0, 0.05) is 12.1 Å². The minimum atomic E-state index is -0.452. The highest BCUT2D eigenvalue weighted by atomic mass is 16.6. The van der Waals surface area contributed by atoms with Crippen molar-refractivity contribution in [1.82, 2.24) is 9.88 Å². The average Bonchev–Trinajstić information content (AvgIpc) is 2.27. The monoisotopic (exact) mass is 238 g/mol. The van der Waals surface area contributed by atoms with Crippen molar-refractivity contribution in [1.29, 1.82) is 0 Å². The molecule has 0 fully saturated rings. The highest BCUT2D eigenvalue weighted by Crippen LogP contribution is 2.13. The summed E-state index contributed by atoms with van der Waals surface area (Å²) in [5, 5.41) is 13.7. The van der Waals surface area contributed by atoms with Crippen LogP contribution in [0.3, 0.4) is 0 Å². The molecule has 0 amide bonds. The third kappa shape index (κ3) is 4.78. The van der Waals surface area contributed by atoms with Crippen LogP contribution >= 0.6 is 0 Å². The lowest BCUT2D eigenvalue weighted by Crippen LogP contribution is -2.23. The number of nitro groups is 1. The number of aromatic nitrogens is 1. The predicted molar refractivity (Wildman–Crippen MR) is 67.1 cm³/mol. The molecule has 1 N–H and O–H groups in total. The van der Waals surface area contributed by atoms with E-state index in [0.29, 0.717) is 5.82 Å². The van der Waals surface area contributed by atoms with Crippen molar-refractivity contribution < 1.29 is 4.92 Å². The van der Waals surface area contributed by atoms with E-state index in [1.165, 1.54) is 12.3 Å². The second-order valence-corrected chi connectivity index (χ2v) is 4.30. The van der Waals surface area contributed by atoms with Crippen molar-refractivity contribution in [3.05, 3.63) is 28.4 Å². The van der Waals surface area contributed by atoms with Gasteiger partial charge in [-0.15, -0.1) is 0 Å². The van der Waals surface area contributed by atoms with Gasteiger partial charge in [-0.3, -0.25) is 10.1 Å². The molecule has 1 atom stereocenters. The van der Waals surface area contributed by atoms with Crippen LogP contribution in [0.5, 0.6) is 0 Å². The molecular weight excluding hydrogens is 220 g/mol. The Balaban J connectivity index is 2.48. The number of nitrogens with one attached hydrogen (secondary N) is 1. The second kappa shape index (κ2) is 6.15. The van der Waals surface area contributed by atoms with Crippen LogP contribution in [0.4, 0.5) is 11.5 Å². The lowest BCUT2D eigenvalue weighted by molar-refractivity contribution is -0.385.